The molecule has 0 saturated heterocycles. The molecule has 0 saturated carbocycles. The third-order valence-electron chi connectivity index (χ3n) is 3.34. The van der Waals surface area contributed by atoms with E-state index in [0.717, 1.165) is 33.6 Å². The molecule has 0 spiro atoms. The molecule has 3 aromatic rings. The summed E-state index contributed by atoms with van der Waals surface area (Å²) >= 11 is 6.27. The molecule has 0 aliphatic carbocycles. The molecule has 0 aromatic heterocycles. The molecule has 0 heterocycles. The van der Waals surface area contributed by atoms with E-state index in [1.807, 2.05) is 60.7 Å². The lowest BCUT2D eigenvalue weighted by Crippen LogP contribution is -1.88. The van der Waals surface area contributed by atoms with Gasteiger partial charge >= 0.3 is 0 Å². The Morgan fingerprint density at radius 3 is 1.48 bits per heavy atom. The van der Waals surface area contributed by atoms with Gasteiger partial charge in [0.1, 0.15) is 0 Å². The Hall–Kier alpha value is -2.45. The van der Waals surface area contributed by atoms with E-state index in [2.05, 4.69) is 6.07 Å². The van der Waals surface area contributed by atoms with Crippen LogP contribution in [0.2, 0.25) is 5.02 Å². The van der Waals surface area contributed by atoms with Crippen LogP contribution in [0.1, 0.15) is 0 Å². The topological polar surface area (TPSA) is 52.0 Å². The molecule has 3 heteroatoms. The Bertz CT molecular complexity index is 733. The smallest absolute Gasteiger partial charge is 0.0418 e. The molecule has 0 unspecified atom stereocenters. The minimum atomic E-state index is 0.687. The van der Waals surface area contributed by atoms with E-state index in [4.69, 9.17) is 23.1 Å². The second kappa shape index (κ2) is 5.51. The summed E-state index contributed by atoms with van der Waals surface area (Å²) in [6.45, 7) is 0. The number of anilines is 2. The first-order valence-corrected chi connectivity index (χ1v) is 7.02. The molecule has 0 atom stereocenters. The molecule has 21 heavy (non-hydrogen) atoms. The third-order valence-corrected chi connectivity index (χ3v) is 3.56. The number of hydrogen-bond donors (Lipinski definition) is 2. The lowest BCUT2D eigenvalue weighted by atomic mass is 9.98. The highest BCUT2D eigenvalue weighted by Gasteiger charge is 2.05. The van der Waals surface area contributed by atoms with Crippen molar-refractivity contribution < 1.29 is 0 Å². The molecule has 3 rings (SSSR count). The van der Waals surface area contributed by atoms with Gasteiger partial charge in [0.15, 0.2) is 0 Å². The van der Waals surface area contributed by atoms with Crippen LogP contribution in [0.4, 0.5) is 11.4 Å². The van der Waals surface area contributed by atoms with Crippen LogP contribution in [0.25, 0.3) is 22.3 Å². The van der Waals surface area contributed by atoms with Gasteiger partial charge in [0.2, 0.25) is 0 Å². The van der Waals surface area contributed by atoms with Crippen molar-refractivity contribution in [1.82, 2.24) is 0 Å². The van der Waals surface area contributed by atoms with Gasteiger partial charge < -0.3 is 11.5 Å². The second-order valence-corrected chi connectivity index (χ2v) is 5.42. The maximum absolute atomic E-state index is 6.27. The third kappa shape index (κ3) is 3.01. The fraction of sp³-hybridized carbons (Fsp3) is 0. The van der Waals surface area contributed by atoms with Crippen LogP contribution in [-0.2, 0) is 0 Å². The minimum Gasteiger partial charge on any atom is -0.399 e. The molecule has 3 aromatic carbocycles. The van der Waals surface area contributed by atoms with E-state index in [-0.39, 0.29) is 0 Å². The standard InChI is InChI=1S/C18H15ClN2/c19-16-8-14(12-3-1-5-17(20)10-12)7-15(9-16)13-4-2-6-18(21)11-13/h1-11H,20-21H2. The maximum Gasteiger partial charge on any atom is 0.0418 e. The first kappa shape index (κ1) is 13.5. The van der Waals surface area contributed by atoms with Gasteiger partial charge in [-0.1, -0.05) is 35.9 Å². The first-order chi connectivity index (χ1) is 10.1. The maximum atomic E-state index is 6.27. The summed E-state index contributed by atoms with van der Waals surface area (Å²) in [6, 6.07) is 21.5. The quantitative estimate of drug-likeness (QED) is 0.665. The normalized spacial score (nSPS) is 10.5. The van der Waals surface area contributed by atoms with Crippen molar-refractivity contribution in [3.63, 3.8) is 0 Å². The predicted molar refractivity (Wildman–Crippen MR) is 91.1 cm³/mol. The molecular weight excluding hydrogens is 280 g/mol. The molecule has 0 bridgehead atoms. The fourth-order valence-corrected chi connectivity index (χ4v) is 2.59. The van der Waals surface area contributed by atoms with Crippen molar-refractivity contribution in [3.8, 4) is 22.3 Å². The molecular formula is C18H15ClN2. The number of halogens is 1. The summed E-state index contributed by atoms with van der Waals surface area (Å²) in [6.07, 6.45) is 0. The first-order valence-electron chi connectivity index (χ1n) is 6.64. The Labute approximate surface area is 129 Å². The molecule has 0 radical (unpaired) electrons. The molecule has 104 valence electrons. The van der Waals surface area contributed by atoms with Gasteiger partial charge in [0.25, 0.3) is 0 Å². The second-order valence-electron chi connectivity index (χ2n) is 4.98. The number of nitrogen functional groups attached to an aromatic ring is 2. The Morgan fingerprint density at radius 2 is 1.05 bits per heavy atom. The van der Waals surface area contributed by atoms with Crippen molar-refractivity contribution in [3.05, 3.63) is 71.8 Å². The predicted octanol–water partition coefficient (Wildman–Crippen LogP) is 4.84. The molecule has 0 amide bonds. The minimum absolute atomic E-state index is 0.687. The van der Waals surface area contributed by atoms with E-state index >= 15 is 0 Å². The summed E-state index contributed by atoms with van der Waals surface area (Å²) in [5.74, 6) is 0. The summed E-state index contributed by atoms with van der Waals surface area (Å²) in [5.41, 5.74) is 17.3. The zero-order valence-electron chi connectivity index (χ0n) is 11.4. The number of hydrogen-bond acceptors (Lipinski definition) is 2. The number of nitrogens with two attached hydrogens (primary N) is 2. The molecule has 4 N–H and O–H groups in total. The van der Waals surface area contributed by atoms with Gasteiger partial charge in [-0.3, -0.25) is 0 Å². The summed E-state index contributed by atoms with van der Waals surface area (Å²) in [4.78, 5) is 0. The van der Waals surface area contributed by atoms with Crippen LogP contribution < -0.4 is 11.5 Å². The van der Waals surface area contributed by atoms with Gasteiger partial charge in [-0.15, -0.1) is 0 Å². The van der Waals surface area contributed by atoms with Crippen LogP contribution >= 0.6 is 11.6 Å². The van der Waals surface area contributed by atoms with Crippen LogP contribution in [0.5, 0.6) is 0 Å². The van der Waals surface area contributed by atoms with E-state index in [1.165, 1.54) is 0 Å². The van der Waals surface area contributed by atoms with Crippen molar-refractivity contribution in [2.24, 2.45) is 0 Å². The van der Waals surface area contributed by atoms with Crippen molar-refractivity contribution >= 4 is 23.0 Å². The van der Waals surface area contributed by atoms with Crippen LogP contribution in [0.3, 0.4) is 0 Å². The van der Waals surface area contributed by atoms with Crippen LogP contribution in [0, 0.1) is 0 Å². The lowest BCUT2D eigenvalue weighted by Gasteiger charge is -2.09. The van der Waals surface area contributed by atoms with Gasteiger partial charge in [-0.2, -0.15) is 0 Å². The van der Waals surface area contributed by atoms with Gasteiger partial charge in [-0.25, -0.2) is 0 Å². The van der Waals surface area contributed by atoms with Gasteiger partial charge in [-0.05, 0) is 64.7 Å². The Balaban J connectivity index is 2.12. The highest BCUT2D eigenvalue weighted by Crippen LogP contribution is 2.31. The zero-order chi connectivity index (χ0) is 14.8. The molecule has 2 nitrogen and oxygen atoms in total. The fourth-order valence-electron chi connectivity index (χ4n) is 2.36. The van der Waals surface area contributed by atoms with E-state index < -0.39 is 0 Å². The number of rotatable bonds is 2. The van der Waals surface area contributed by atoms with E-state index in [0.29, 0.717) is 5.02 Å². The average molecular weight is 295 g/mol. The van der Waals surface area contributed by atoms with Crippen molar-refractivity contribution in [1.29, 1.82) is 0 Å². The monoisotopic (exact) mass is 294 g/mol. The van der Waals surface area contributed by atoms with Crippen molar-refractivity contribution in [2.75, 3.05) is 11.5 Å². The average Bonchev–Trinajstić information content (AvgIpc) is 2.46. The summed E-state index contributed by atoms with van der Waals surface area (Å²) in [7, 11) is 0. The molecule has 0 aliphatic heterocycles. The van der Waals surface area contributed by atoms with Gasteiger partial charge in [0.05, 0.1) is 0 Å². The van der Waals surface area contributed by atoms with Gasteiger partial charge in [0, 0.05) is 16.4 Å². The lowest BCUT2D eigenvalue weighted by molar-refractivity contribution is 1.58. The van der Waals surface area contributed by atoms with E-state index in [9.17, 15) is 0 Å². The Kier molecular flexibility index (Phi) is 3.55. The Morgan fingerprint density at radius 1 is 0.571 bits per heavy atom. The van der Waals surface area contributed by atoms with Crippen molar-refractivity contribution in [2.45, 2.75) is 0 Å². The largest absolute Gasteiger partial charge is 0.399 e. The SMILES string of the molecule is Nc1cccc(-c2cc(Cl)cc(-c3cccc(N)c3)c2)c1. The van der Waals surface area contributed by atoms with Crippen LogP contribution in [0.15, 0.2) is 66.7 Å². The zero-order valence-corrected chi connectivity index (χ0v) is 12.1. The summed E-state index contributed by atoms with van der Waals surface area (Å²) in [5, 5.41) is 0.687. The molecule has 0 fully saturated rings. The van der Waals surface area contributed by atoms with E-state index in [1.54, 1.807) is 0 Å². The highest BCUT2D eigenvalue weighted by molar-refractivity contribution is 6.31. The summed E-state index contributed by atoms with van der Waals surface area (Å²) < 4.78 is 0. The number of benzene rings is 3. The van der Waals surface area contributed by atoms with Crippen LogP contribution in [-0.4, -0.2) is 0 Å². The highest BCUT2D eigenvalue weighted by atomic mass is 35.5. The molecule has 0 aliphatic rings.